The number of aliphatic hydroxyl groups is 1. The van der Waals surface area contributed by atoms with Crippen LogP contribution >= 0.6 is 0 Å². The van der Waals surface area contributed by atoms with E-state index >= 15 is 0 Å². The largest absolute Gasteiger partial charge is 0.427 e. The van der Waals surface area contributed by atoms with Crippen LogP contribution in [0.1, 0.15) is 69.9 Å². The number of hydroxylamine groups is 1. The Balaban J connectivity index is 1.61. The van der Waals surface area contributed by atoms with Crippen LogP contribution in [-0.4, -0.2) is 22.6 Å². The van der Waals surface area contributed by atoms with E-state index in [2.05, 4.69) is 5.48 Å². The maximum absolute atomic E-state index is 11.9. The highest BCUT2D eigenvalue weighted by molar-refractivity contribution is 5.74. The van der Waals surface area contributed by atoms with Gasteiger partial charge in [-0.25, -0.2) is 5.48 Å². The summed E-state index contributed by atoms with van der Waals surface area (Å²) in [5.74, 6) is -0.0727. The SMILES string of the molecule is CC(=O)Oc1ccc(CONC(=O)CCCCc2ccc(C(O)OC(C)(C)C)cc2)cc1. The van der Waals surface area contributed by atoms with Gasteiger partial charge in [-0.15, -0.1) is 0 Å². The molecule has 7 nitrogen and oxygen atoms in total. The molecule has 0 saturated carbocycles. The highest BCUT2D eigenvalue weighted by Gasteiger charge is 2.17. The molecule has 2 rings (SSSR count). The van der Waals surface area contributed by atoms with Crippen LogP contribution in [-0.2, 0) is 32.2 Å². The highest BCUT2D eigenvalue weighted by Crippen LogP contribution is 2.22. The molecule has 0 heterocycles. The molecule has 174 valence electrons. The molecule has 0 aromatic heterocycles. The Labute approximate surface area is 189 Å². The minimum Gasteiger partial charge on any atom is -0.427 e. The summed E-state index contributed by atoms with van der Waals surface area (Å²) in [7, 11) is 0. The van der Waals surface area contributed by atoms with E-state index in [1.807, 2.05) is 45.0 Å². The van der Waals surface area contributed by atoms with Crippen LogP contribution in [0.3, 0.4) is 0 Å². The first-order valence-electron chi connectivity index (χ1n) is 10.7. The predicted molar refractivity (Wildman–Crippen MR) is 120 cm³/mol. The van der Waals surface area contributed by atoms with Crippen molar-refractivity contribution < 1.29 is 29.0 Å². The minimum absolute atomic E-state index is 0.167. The van der Waals surface area contributed by atoms with Crippen molar-refractivity contribution in [3.63, 3.8) is 0 Å². The van der Waals surface area contributed by atoms with Crippen LogP contribution in [0.2, 0.25) is 0 Å². The Hall–Kier alpha value is -2.74. The standard InChI is InChI=1S/C25H33NO6/c1-18(27)31-22-15-11-20(12-16-22)17-30-26-23(28)8-6-5-7-19-9-13-21(14-10-19)24(29)32-25(2,3)4/h9-16,24,29H,5-8,17H2,1-4H3,(H,26,28). The number of ether oxygens (including phenoxy) is 2. The Morgan fingerprint density at radius 2 is 1.59 bits per heavy atom. The monoisotopic (exact) mass is 443 g/mol. The van der Waals surface area contributed by atoms with Crippen molar-refractivity contribution in [3.8, 4) is 5.75 Å². The Bertz CT molecular complexity index is 855. The fourth-order valence-corrected chi connectivity index (χ4v) is 2.94. The van der Waals surface area contributed by atoms with E-state index in [9.17, 15) is 14.7 Å². The number of nitrogens with one attached hydrogen (secondary N) is 1. The number of aryl methyl sites for hydroxylation is 1. The molecule has 7 heteroatoms. The van der Waals surface area contributed by atoms with Crippen molar-refractivity contribution >= 4 is 11.9 Å². The first kappa shape index (κ1) is 25.5. The molecule has 0 aliphatic rings. The summed E-state index contributed by atoms with van der Waals surface area (Å²) in [6, 6.07) is 14.6. The second-order valence-electron chi connectivity index (χ2n) is 8.58. The van der Waals surface area contributed by atoms with Crippen molar-refractivity contribution in [2.75, 3.05) is 0 Å². The smallest absolute Gasteiger partial charge is 0.308 e. The molecule has 2 N–H and O–H groups in total. The normalized spacial score (nSPS) is 12.3. The molecular formula is C25H33NO6. The van der Waals surface area contributed by atoms with Crippen molar-refractivity contribution in [1.82, 2.24) is 5.48 Å². The van der Waals surface area contributed by atoms with Gasteiger partial charge in [0.05, 0.1) is 12.2 Å². The van der Waals surface area contributed by atoms with Gasteiger partial charge in [0.15, 0.2) is 6.29 Å². The van der Waals surface area contributed by atoms with Crippen LogP contribution in [0, 0.1) is 0 Å². The summed E-state index contributed by atoms with van der Waals surface area (Å²) in [5, 5.41) is 10.1. The van der Waals surface area contributed by atoms with E-state index in [0.717, 1.165) is 36.0 Å². The summed E-state index contributed by atoms with van der Waals surface area (Å²) in [6.45, 7) is 7.27. The Morgan fingerprint density at radius 3 is 2.19 bits per heavy atom. The molecule has 2 aromatic rings. The fraction of sp³-hybridized carbons (Fsp3) is 0.440. The number of carbonyl (C=O) groups is 2. The number of amides is 1. The zero-order valence-corrected chi connectivity index (χ0v) is 19.2. The number of carbonyl (C=O) groups excluding carboxylic acids is 2. The van der Waals surface area contributed by atoms with E-state index in [1.165, 1.54) is 6.92 Å². The third kappa shape index (κ3) is 10.0. The number of hydrogen-bond acceptors (Lipinski definition) is 6. The number of benzene rings is 2. The van der Waals surface area contributed by atoms with Crippen LogP contribution in [0.15, 0.2) is 48.5 Å². The van der Waals surface area contributed by atoms with E-state index in [1.54, 1.807) is 24.3 Å². The summed E-state index contributed by atoms with van der Waals surface area (Å²) >= 11 is 0. The van der Waals surface area contributed by atoms with Crippen LogP contribution in [0.25, 0.3) is 0 Å². The molecule has 1 amide bonds. The number of unbranched alkanes of at least 4 members (excludes halogenated alkanes) is 1. The molecule has 32 heavy (non-hydrogen) atoms. The van der Waals surface area contributed by atoms with Gasteiger partial charge < -0.3 is 14.6 Å². The number of aliphatic hydroxyl groups excluding tert-OH is 1. The Morgan fingerprint density at radius 1 is 0.969 bits per heavy atom. The number of rotatable bonds is 11. The van der Waals surface area contributed by atoms with Crippen molar-refractivity contribution in [3.05, 3.63) is 65.2 Å². The summed E-state index contributed by atoms with van der Waals surface area (Å²) in [6.07, 6.45) is 1.88. The van der Waals surface area contributed by atoms with Gasteiger partial charge in [-0.1, -0.05) is 36.4 Å². The van der Waals surface area contributed by atoms with Crippen molar-refractivity contribution in [2.45, 2.75) is 71.9 Å². The zero-order valence-electron chi connectivity index (χ0n) is 19.2. The zero-order chi connectivity index (χ0) is 23.6. The van der Waals surface area contributed by atoms with Crippen molar-refractivity contribution in [1.29, 1.82) is 0 Å². The summed E-state index contributed by atoms with van der Waals surface area (Å²) in [5.41, 5.74) is 4.75. The van der Waals surface area contributed by atoms with E-state index in [0.29, 0.717) is 12.2 Å². The molecule has 0 fully saturated rings. The summed E-state index contributed by atoms with van der Waals surface area (Å²) in [4.78, 5) is 28.1. The fourth-order valence-electron chi connectivity index (χ4n) is 2.94. The lowest BCUT2D eigenvalue weighted by atomic mass is 10.0. The topological polar surface area (TPSA) is 94.1 Å². The van der Waals surface area contributed by atoms with Crippen molar-refractivity contribution in [2.24, 2.45) is 0 Å². The lowest BCUT2D eigenvalue weighted by Gasteiger charge is -2.24. The first-order valence-corrected chi connectivity index (χ1v) is 10.7. The first-order chi connectivity index (χ1) is 15.1. The number of hydrogen-bond donors (Lipinski definition) is 2. The van der Waals surface area contributed by atoms with Crippen LogP contribution < -0.4 is 10.2 Å². The van der Waals surface area contributed by atoms with E-state index in [-0.39, 0.29) is 18.5 Å². The second-order valence-corrected chi connectivity index (χ2v) is 8.58. The molecule has 0 aliphatic carbocycles. The minimum atomic E-state index is -0.945. The number of esters is 1. The molecule has 0 radical (unpaired) electrons. The average Bonchev–Trinajstić information content (AvgIpc) is 2.71. The third-order valence-corrected chi connectivity index (χ3v) is 4.46. The van der Waals surface area contributed by atoms with Crippen LogP contribution in [0.5, 0.6) is 5.75 Å². The molecular weight excluding hydrogens is 410 g/mol. The third-order valence-electron chi connectivity index (χ3n) is 4.46. The van der Waals surface area contributed by atoms with E-state index in [4.69, 9.17) is 14.3 Å². The molecule has 0 aliphatic heterocycles. The molecule has 0 bridgehead atoms. The quantitative estimate of drug-likeness (QED) is 0.176. The second kappa shape index (κ2) is 12.3. The van der Waals surface area contributed by atoms with Gasteiger partial charge >= 0.3 is 5.97 Å². The van der Waals surface area contributed by atoms with Crippen LogP contribution in [0.4, 0.5) is 0 Å². The molecule has 1 atom stereocenters. The maximum atomic E-state index is 11.9. The molecule has 1 unspecified atom stereocenters. The average molecular weight is 444 g/mol. The van der Waals surface area contributed by atoms with Gasteiger partial charge in [0.1, 0.15) is 5.75 Å². The van der Waals surface area contributed by atoms with Gasteiger partial charge in [0, 0.05) is 18.9 Å². The molecule has 0 saturated heterocycles. The Kier molecular flexibility index (Phi) is 9.84. The van der Waals surface area contributed by atoms with Gasteiger partial charge in [-0.05, 0) is 63.3 Å². The lowest BCUT2D eigenvalue weighted by Crippen LogP contribution is -2.23. The molecule has 2 aromatic carbocycles. The maximum Gasteiger partial charge on any atom is 0.308 e. The molecule has 0 spiro atoms. The van der Waals surface area contributed by atoms with Gasteiger partial charge in [-0.2, -0.15) is 0 Å². The summed E-state index contributed by atoms with van der Waals surface area (Å²) < 4.78 is 10.5. The highest BCUT2D eigenvalue weighted by atomic mass is 16.7. The van der Waals surface area contributed by atoms with Gasteiger partial charge in [0.2, 0.25) is 5.91 Å². The lowest BCUT2D eigenvalue weighted by molar-refractivity contribution is -0.169. The van der Waals surface area contributed by atoms with E-state index < -0.39 is 11.9 Å². The predicted octanol–water partition coefficient (Wildman–Crippen LogP) is 4.38. The van der Waals surface area contributed by atoms with Gasteiger partial charge in [0.25, 0.3) is 0 Å². The van der Waals surface area contributed by atoms with Gasteiger partial charge in [-0.3, -0.25) is 14.4 Å².